The molecule has 0 aromatic heterocycles. The average Bonchev–Trinajstić information content (AvgIpc) is 2.60. The van der Waals surface area contributed by atoms with Crippen LogP contribution in [0.15, 0.2) is 36.0 Å². The lowest BCUT2D eigenvalue weighted by Crippen LogP contribution is -2.31. The third-order valence-electron chi connectivity index (χ3n) is 4.70. The van der Waals surface area contributed by atoms with E-state index in [1.54, 1.807) is 0 Å². The van der Waals surface area contributed by atoms with Gasteiger partial charge in [0.25, 0.3) is 0 Å². The maximum Gasteiger partial charge on any atom is 0.334 e. The van der Waals surface area contributed by atoms with Gasteiger partial charge in [0.2, 0.25) is 0 Å². The van der Waals surface area contributed by atoms with Crippen molar-refractivity contribution in [2.24, 2.45) is 17.8 Å². The van der Waals surface area contributed by atoms with Crippen molar-refractivity contribution in [1.29, 1.82) is 0 Å². The lowest BCUT2D eigenvalue weighted by molar-refractivity contribution is -0.147. The van der Waals surface area contributed by atoms with Gasteiger partial charge in [-0.2, -0.15) is 0 Å². The Morgan fingerprint density at radius 2 is 2.06 bits per heavy atom. The van der Waals surface area contributed by atoms with Crippen LogP contribution in [0.5, 0.6) is 0 Å². The summed E-state index contributed by atoms with van der Waals surface area (Å²) in [6.45, 7) is 10.3. The molecule has 2 fully saturated rings. The summed E-state index contributed by atoms with van der Waals surface area (Å²) in [5.41, 5.74) is 3.23. The fraction of sp³-hybridized carbons (Fsp3) is 0.533. The first-order valence-corrected chi connectivity index (χ1v) is 6.33. The molecule has 3 rings (SSSR count). The first-order chi connectivity index (χ1) is 8.08. The van der Waals surface area contributed by atoms with Gasteiger partial charge in [0, 0.05) is 5.57 Å². The van der Waals surface area contributed by atoms with Crippen LogP contribution < -0.4 is 0 Å². The summed E-state index contributed by atoms with van der Waals surface area (Å²) in [6.07, 6.45) is 5.22. The summed E-state index contributed by atoms with van der Waals surface area (Å²) < 4.78 is 5.44. The molecular formula is C15H18O2. The van der Waals surface area contributed by atoms with E-state index >= 15 is 0 Å². The Balaban J connectivity index is 1.98. The monoisotopic (exact) mass is 230 g/mol. The molecule has 17 heavy (non-hydrogen) atoms. The Hall–Kier alpha value is -1.31. The zero-order valence-electron chi connectivity index (χ0n) is 10.2. The minimum atomic E-state index is -0.214. The number of hydrogen-bond donors (Lipinski definition) is 0. The second kappa shape index (κ2) is 3.59. The van der Waals surface area contributed by atoms with Gasteiger partial charge in [-0.25, -0.2) is 4.79 Å². The molecule has 3 aliphatic rings. The molecule has 0 N–H and O–H groups in total. The van der Waals surface area contributed by atoms with Gasteiger partial charge in [0.05, 0.1) is 0 Å². The van der Waals surface area contributed by atoms with Crippen molar-refractivity contribution in [3.05, 3.63) is 36.0 Å². The van der Waals surface area contributed by atoms with E-state index in [1.165, 1.54) is 5.57 Å². The number of rotatable bonds is 0. The molecule has 2 aliphatic carbocycles. The van der Waals surface area contributed by atoms with Gasteiger partial charge in [0.1, 0.15) is 6.10 Å². The summed E-state index contributed by atoms with van der Waals surface area (Å²) in [5.74, 6) is 1.09. The molecule has 4 atom stereocenters. The zero-order valence-corrected chi connectivity index (χ0v) is 10.2. The number of fused-ring (bicyclic) bond motifs is 3. The van der Waals surface area contributed by atoms with Crippen LogP contribution >= 0.6 is 0 Å². The van der Waals surface area contributed by atoms with Crippen molar-refractivity contribution in [1.82, 2.24) is 0 Å². The van der Waals surface area contributed by atoms with Gasteiger partial charge in [-0.15, -0.1) is 0 Å². The Labute approximate surface area is 102 Å². The van der Waals surface area contributed by atoms with Crippen LogP contribution in [0.4, 0.5) is 0 Å². The number of esters is 1. The minimum Gasteiger partial charge on any atom is -0.454 e. The fourth-order valence-corrected chi connectivity index (χ4v) is 3.54. The minimum absolute atomic E-state index is 0.0766. The smallest absolute Gasteiger partial charge is 0.334 e. The van der Waals surface area contributed by atoms with Crippen LogP contribution in [0.3, 0.4) is 0 Å². The molecule has 1 aliphatic heterocycles. The Bertz CT molecular complexity index is 444. The zero-order chi connectivity index (χ0) is 12.2. The standard InChI is InChI=1S/C15H18O2/c1-8-4-5-12-10(3)14-7-11(6-13(8)12)9(2)15(16)17-14/h4,11-14H,2-3,5-7H2,1H3/t11-,12-,13+,14-/m0/s1. The molecule has 1 saturated heterocycles. The highest BCUT2D eigenvalue weighted by molar-refractivity contribution is 5.89. The summed E-state index contributed by atoms with van der Waals surface area (Å²) in [6, 6.07) is 0. The quantitative estimate of drug-likeness (QED) is 0.363. The van der Waals surface area contributed by atoms with E-state index in [1.807, 2.05) is 0 Å². The first-order valence-electron chi connectivity index (χ1n) is 6.33. The van der Waals surface area contributed by atoms with Crippen LogP contribution in [0.1, 0.15) is 26.2 Å². The van der Waals surface area contributed by atoms with Crippen LogP contribution in [0.25, 0.3) is 0 Å². The third-order valence-corrected chi connectivity index (χ3v) is 4.70. The van der Waals surface area contributed by atoms with Crippen molar-refractivity contribution in [3.8, 4) is 0 Å². The molecule has 1 saturated carbocycles. The molecule has 0 unspecified atom stereocenters. The van der Waals surface area contributed by atoms with Crippen molar-refractivity contribution >= 4 is 5.97 Å². The van der Waals surface area contributed by atoms with Crippen LogP contribution in [-0.4, -0.2) is 12.1 Å². The predicted molar refractivity (Wildman–Crippen MR) is 66.2 cm³/mol. The normalized spacial score (nSPS) is 40.5. The Morgan fingerprint density at radius 1 is 1.29 bits per heavy atom. The SMILES string of the molecule is C=C1C(=O)O[C@H]2C[C@@H]1C[C@@H]1C(C)=CC[C@H]1C2=C. The van der Waals surface area contributed by atoms with Crippen molar-refractivity contribution in [2.45, 2.75) is 32.3 Å². The molecule has 2 bridgehead atoms. The molecule has 0 aromatic carbocycles. The Morgan fingerprint density at radius 3 is 2.82 bits per heavy atom. The number of allylic oxidation sites excluding steroid dienone is 2. The maximum absolute atomic E-state index is 11.7. The van der Waals surface area contributed by atoms with Crippen LogP contribution in [0, 0.1) is 17.8 Å². The van der Waals surface area contributed by atoms with Crippen molar-refractivity contribution < 1.29 is 9.53 Å². The number of carbonyl (C=O) groups is 1. The lowest BCUT2D eigenvalue weighted by Gasteiger charge is -2.29. The second-order valence-corrected chi connectivity index (χ2v) is 5.56. The molecule has 0 aromatic rings. The molecule has 0 amide bonds. The lowest BCUT2D eigenvalue weighted by atomic mass is 9.82. The predicted octanol–water partition coefficient (Wildman–Crippen LogP) is 3.02. The van der Waals surface area contributed by atoms with Gasteiger partial charge < -0.3 is 4.74 Å². The average molecular weight is 230 g/mol. The van der Waals surface area contributed by atoms with Gasteiger partial charge in [-0.3, -0.25) is 0 Å². The van der Waals surface area contributed by atoms with Crippen LogP contribution in [-0.2, 0) is 9.53 Å². The first kappa shape index (κ1) is 10.8. The largest absolute Gasteiger partial charge is 0.454 e. The Kier molecular flexibility index (Phi) is 2.29. The number of carbonyl (C=O) groups excluding carboxylic acids is 1. The van der Waals surface area contributed by atoms with E-state index in [-0.39, 0.29) is 18.0 Å². The van der Waals surface area contributed by atoms with E-state index in [2.05, 4.69) is 26.2 Å². The van der Waals surface area contributed by atoms with Gasteiger partial charge in [-0.05, 0) is 49.5 Å². The molecule has 0 spiro atoms. The number of hydrogen-bond acceptors (Lipinski definition) is 2. The summed E-state index contributed by atoms with van der Waals surface area (Å²) in [4.78, 5) is 11.7. The van der Waals surface area contributed by atoms with Crippen molar-refractivity contribution in [2.75, 3.05) is 0 Å². The van der Waals surface area contributed by atoms with E-state index in [0.717, 1.165) is 24.8 Å². The molecule has 2 nitrogen and oxygen atoms in total. The fourth-order valence-electron chi connectivity index (χ4n) is 3.54. The molecule has 90 valence electrons. The van der Waals surface area contributed by atoms with Gasteiger partial charge >= 0.3 is 5.97 Å². The highest BCUT2D eigenvalue weighted by Gasteiger charge is 2.44. The number of ether oxygens (including phenoxy) is 1. The van der Waals surface area contributed by atoms with E-state index in [4.69, 9.17) is 4.74 Å². The molecule has 2 heteroatoms. The highest BCUT2D eigenvalue weighted by Crippen LogP contribution is 2.48. The molecular weight excluding hydrogens is 212 g/mol. The summed E-state index contributed by atoms with van der Waals surface area (Å²) >= 11 is 0. The second-order valence-electron chi connectivity index (χ2n) is 5.56. The summed E-state index contributed by atoms with van der Waals surface area (Å²) in [7, 11) is 0. The van der Waals surface area contributed by atoms with E-state index in [9.17, 15) is 4.79 Å². The van der Waals surface area contributed by atoms with E-state index < -0.39 is 0 Å². The molecule has 0 radical (unpaired) electrons. The maximum atomic E-state index is 11.7. The third kappa shape index (κ3) is 1.50. The summed E-state index contributed by atoms with van der Waals surface area (Å²) in [5, 5.41) is 0. The van der Waals surface area contributed by atoms with Gasteiger partial charge in [-0.1, -0.05) is 24.8 Å². The topological polar surface area (TPSA) is 26.3 Å². The van der Waals surface area contributed by atoms with Crippen LogP contribution in [0.2, 0.25) is 0 Å². The van der Waals surface area contributed by atoms with Gasteiger partial charge in [0.15, 0.2) is 0 Å². The molecule has 1 heterocycles. The van der Waals surface area contributed by atoms with Crippen molar-refractivity contribution in [3.63, 3.8) is 0 Å². The van der Waals surface area contributed by atoms with E-state index in [0.29, 0.717) is 17.4 Å². The highest BCUT2D eigenvalue weighted by atomic mass is 16.5.